The van der Waals surface area contributed by atoms with Crippen LogP contribution in [0.25, 0.3) is 33.2 Å². The molecule has 0 spiro atoms. The van der Waals surface area contributed by atoms with E-state index in [0.29, 0.717) is 28.6 Å². The van der Waals surface area contributed by atoms with Crippen molar-refractivity contribution in [3.05, 3.63) is 126 Å². The predicted octanol–water partition coefficient (Wildman–Crippen LogP) is 10.8. The molecule has 8 rings (SSSR count). The maximum absolute atomic E-state index is 15.5. The first-order chi connectivity index (χ1) is 22.6. The number of aromatic nitrogens is 3. The lowest BCUT2D eigenvalue weighted by Crippen LogP contribution is -2.24. The maximum Gasteiger partial charge on any atom is 0.677 e. The SMILES string of the molecule is Cn1c(-c2c3ccccc3nc3cc(C4CCCCC4c4ccccc4)n(B(F)F)c23)ccc1C1CCCCC1c1ccccc1. The van der Waals surface area contributed by atoms with E-state index in [9.17, 15) is 0 Å². The zero-order chi connectivity index (χ0) is 31.2. The third-order valence-electron chi connectivity index (χ3n) is 11.1. The molecule has 232 valence electrons. The largest absolute Gasteiger partial charge is 0.677 e. The molecule has 6 heteroatoms. The van der Waals surface area contributed by atoms with Crippen molar-refractivity contribution >= 4 is 29.3 Å². The lowest BCUT2D eigenvalue weighted by molar-refractivity contribution is 0.375. The van der Waals surface area contributed by atoms with Crippen molar-refractivity contribution in [2.45, 2.75) is 75.0 Å². The quantitative estimate of drug-likeness (QED) is 0.172. The highest BCUT2D eigenvalue weighted by Crippen LogP contribution is 2.49. The summed E-state index contributed by atoms with van der Waals surface area (Å²) in [7, 11) is -0.543. The van der Waals surface area contributed by atoms with E-state index in [2.05, 4.69) is 78.3 Å². The van der Waals surface area contributed by atoms with E-state index in [1.54, 1.807) is 0 Å². The second kappa shape index (κ2) is 12.2. The van der Waals surface area contributed by atoms with E-state index in [1.165, 1.54) is 40.6 Å². The van der Waals surface area contributed by atoms with Gasteiger partial charge >= 0.3 is 7.40 Å². The van der Waals surface area contributed by atoms with E-state index >= 15 is 8.63 Å². The van der Waals surface area contributed by atoms with Crippen LogP contribution < -0.4 is 0 Å². The molecule has 0 aliphatic heterocycles. The zero-order valence-electron chi connectivity index (χ0n) is 26.5. The number of hydrogen-bond donors (Lipinski definition) is 0. The highest BCUT2D eigenvalue weighted by molar-refractivity contribution is 6.43. The highest BCUT2D eigenvalue weighted by atomic mass is 19.2. The fourth-order valence-electron chi connectivity index (χ4n) is 8.98. The number of para-hydroxylation sites is 1. The monoisotopic (exact) mass is 611 g/mol. The van der Waals surface area contributed by atoms with Gasteiger partial charge in [-0.3, -0.25) is 8.63 Å². The van der Waals surface area contributed by atoms with Crippen molar-refractivity contribution in [2.24, 2.45) is 7.05 Å². The van der Waals surface area contributed by atoms with Crippen LogP contribution in [0.15, 0.2) is 103 Å². The molecule has 0 radical (unpaired) electrons. The third-order valence-corrected chi connectivity index (χ3v) is 11.1. The Morgan fingerprint density at radius 2 is 1.15 bits per heavy atom. The molecule has 4 atom stereocenters. The molecule has 6 aromatic rings. The van der Waals surface area contributed by atoms with Gasteiger partial charge < -0.3 is 9.05 Å². The predicted molar refractivity (Wildman–Crippen MR) is 186 cm³/mol. The van der Waals surface area contributed by atoms with Gasteiger partial charge in [-0.25, -0.2) is 4.98 Å². The molecule has 46 heavy (non-hydrogen) atoms. The minimum Gasteiger partial charge on any atom is -0.347 e. The van der Waals surface area contributed by atoms with E-state index in [4.69, 9.17) is 4.98 Å². The molecule has 2 fully saturated rings. The molecule has 0 bridgehead atoms. The second-order valence-electron chi connectivity index (χ2n) is 13.5. The lowest BCUT2D eigenvalue weighted by Gasteiger charge is -2.33. The summed E-state index contributed by atoms with van der Waals surface area (Å²) in [4.78, 5) is 5.03. The number of fused-ring (bicyclic) bond motifs is 2. The Morgan fingerprint density at radius 1 is 0.609 bits per heavy atom. The van der Waals surface area contributed by atoms with Crippen molar-refractivity contribution in [3.63, 3.8) is 0 Å². The van der Waals surface area contributed by atoms with E-state index in [0.717, 1.165) is 54.3 Å². The standard InChI is InChI=1S/C40H40BF2N3/c1-45-36(31-20-10-8-18-29(31)27-14-4-2-5-15-27)24-25-37(45)39-33-22-12-13-23-34(33)44-35-26-38(46(40(35)39)41(42)43)32-21-11-9-19-30(32)28-16-6-3-7-17-28/h2-7,12-17,22-26,29-32H,8-11,18-21H2,1H3. The molecule has 2 aliphatic rings. The first-order valence-electron chi connectivity index (χ1n) is 17.1. The Bertz CT molecular complexity index is 1980. The Morgan fingerprint density at radius 3 is 1.76 bits per heavy atom. The van der Waals surface area contributed by atoms with Crippen molar-refractivity contribution in [1.29, 1.82) is 0 Å². The van der Waals surface area contributed by atoms with E-state index in [1.807, 2.05) is 36.4 Å². The number of rotatable bonds is 6. The molecule has 4 unspecified atom stereocenters. The zero-order valence-corrected chi connectivity index (χ0v) is 26.5. The third kappa shape index (κ3) is 4.97. The molecule has 0 amide bonds. The van der Waals surface area contributed by atoms with Gasteiger partial charge in [0, 0.05) is 41.2 Å². The number of benzene rings is 3. The van der Waals surface area contributed by atoms with Gasteiger partial charge in [-0.1, -0.05) is 105 Å². The Hall–Kier alpha value is -4.19. The summed E-state index contributed by atoms with van der Waals surface area (Å²) >= 11 is 0. The summed E-state index contributed by atoms with van der Waals surface area (Å²) in [5, 5.41) is 0.917. The Balaban J connectivity index is 1.32. The van der Waals surface area contributed by atoms with Crippen molar-refractivity contribution in [3.8, 4) is 11.3 Å². The Kier molecular flexibility index (Phi) is 7.75. The van der Waals surface area contributed by atoms with Crippen LogP contribution >= 0.6 is 0 Å². The summed E-state index contributed by atoms with van der Waals surface area (Å²) in [6, 6.07) is 35.8. The molecule has 3 heterocycles. The summed E-state index contributed by atoms with van der Waals surface area (Å²) in [6.07, 6.45) is 8.81. The van der Waals surface area contributed by atoms with Crippen LogP contribution in [-0.2, 0) is 7.05 Å². The molecular weight excluding hydrogens is 571 g/mol. The summed E-state index contributed by atoms with van der Waals surface area (Å²) < 4.78 is 34.7. The lowest BCUT2D eigenvalue weighted by atomic mass is 9.73. The van der Waals surface area contributed by atoms with Crippen LogP contribution in [0.3, 0.4) is 0 Å². The van der Waals surface area contributed by atoms with Gasteiger partial charge in [0.1, 0.15) is 0 Å². The molecule has 2 aliphatic carbocycles. The first-order valence-corrected chi connectivity index (χ1v) is 17.1. The fraction of sp³-hybridized carbons (Fsp3) is 0.325. The molecule has 0 N–H and O–H groups in total. The van der Waals surface area contributed by atoms with Crippen molar-refractivity contribution in [1.82, 2.24) is 14.0 Å². The molecule has 3 nitrogen and oxygen atoms in total. The number of pyridine rings is 1. The van der Waals surface area contributed by atoms with E-state index < -0.39 is 7.40 Å². The smallest absolute Gasteiger partial charge is 0.347 e. The highest BCUT2D eigenvalue weighted by Gasteiger charge is 2.36. The van der Waals surface area contributed by atoms with Crippen LogP contribution in [0.5, 0.6) is 0 Å². The van der Waals surface area contributed by atoms with E-state index in [-0.39, 0.29) is 11.8 Å². The molecule has 2 saturated carbocycles. The topological polar surface area (TPSA) is 22.8 Å². The molecule has 3 aromatic heterocycles. The Labute approximate surface area is 270 Å². The minimum absolute atomic E-state index is 0.00755. The summed E-state index contributed by atoms with van der Waals surface area (Å²) in [5.41, 5.74) is 8.52. The van der Waals surface area contributed by atoms with Crippen LogP contribution in [0.4, 0.5) is 8.63 Å². The molecule has 3 aromatic carbocycles. The van der Waals surface area contributed by atoms with Gasteiger partial charge in [0.05, 0.1) is 22.2 Å². The number of hydrogen-bond acceptors (Lipinski definition) is 1. The number of halogens is 2. The van der Waals surface area contributed by atoms with Crippen LogP contribution in [-0.4, -0.2) is 21.4 Å². The van der Waals surface area contributed by atoms with Gasteiger partial charge in [0.15, 0.2) is 0 Å². The number of nitrogens with zero attached hydrogens (tertiary/aromatic N) is 3. The molecule has 0 saturated heterocycles. The first kappa shape index (κ1) is 29.2. The minimum atomic E-state index is -2.67. The van der Waals surface area contributed by atoms with Gasteiger partial charge in [-0.05, 0) is 72.9 Å². The van der Waals surface area contributed by atoms with Gasteiger partial charge in [-0.15, -0.1) is 0 Å². The maximum atomic E-state index is 15.5. The van der Waals surface area contributed by atoms with Gasteiger partial charge in [0.2, 0.25) is 0 Å². The average Bonchev–Trinajstić information content (AvgIpc) is 3.68. The van der Waals surface area contributed by atoms with Crippen LogP contribution in [0.1, 0.15) is 97.6 Å². The molecular formula is C40H40BF2N3. The fourth-order valence-corrected chi connectivity index (χ4v) is 8.98. The average molecular weight is 612 g/mol. The van der Waals surface area contributed by atoms with Crippen molar-refractivity contribution in [2.75, 3.05) is 0 Å². The van der Waals surface area contributed by atoms with Gasteiger partial charge in [0.25, 0.3) is 0 Å². The summed E-state index contributed by atoms with van der Waals surface area (Å²) in [5.74, 6) is 1.04. The van der Waals surface area contributed by atoms with Crippen LogP contribution in [0.2, 0.25) is 0 Å². The van der Waals surface area contributed by atoms with Crippen LogP contribution in [0, 0.1) is 0 Å². The normalized spacial score (nSPS) is 22.0. The second-order valence-corrected chi connectivity index (χ2v) is 13.5. The van der Waals surface area contributed by atoms with Gasteiger partial charge in [-0.2, -0.15) is 0 Å². The van der Waals surface area contributed by atoms with Crippen molar-refractivity contribution < 1.29 is 8.63 Å². The summed E-state index contributed by atoms with van der Waals surface area (Å²) in [6.45, 7) is 0.